The first-order valence-electron chi connectivity index (χ1n) is 5.33. The van der Waals surface area contributed by atoms with Gasteiger partial charge in [-0.3, -0.25) is 4.79 Å². The molecule has 0 saturated heterocycles. The highest BCUT2D eigenvalue weighted by molar-refractivity contribution is 5.90. The molecule has 16 heavy (non-hydrogen) atoms. The van der Waals surface area contributed by atoms with Crippen LogP contribution in [0.25, 0.3) is 10.9 Å². The molecule has 1 aliphatic rings. The molecule has 1 aromatic carbocycles. The fourth-order valence-corrected chi connectivity index (χ4v) is 2.40. The number of H-pyrrole nitrogens is 1. The standard InChI is InChI=1S/C12H12N2O2/c15-12(16)11-10-7-3-1-2-4-8(7)14-9(10)5-6-13-11/h1-4,11,13-14H,5-6H2,(H,15,16)/t11-/m1/s1. The smallest absolute Gasteiger partial charge is 0.325 e. The molecule has 0 bridgehead atoms. The Labute approximate surface area is 92.3 Å². The number of carboxylic acid groups (broad SMARTS) is 1. The van der Waals surface area contributed by atoms with Gasteiger partial charge in [-0.15, -0.1) is 0 Å². The van der Waals surface area contributed by atoms with Gasteiger partial charge in [0.1, 0.15) is 6.04 Å². The van der Waals surface area contributed by atoms with Crippen LogP contribution >= 0.6 is 0 Å². The lowest BCUT2D eigenvalue weighted by molar-refractivity contribution is -0.139. The number of benzene rings is 1. The van der Waals surface area contributed by atoms with E-state index in [1.807, 2.05) is 24.3 Å². The summed E-state index contributed by atoms with van der Waals surface area (Å²) in [4.78, 5) is 14.5. The molecule has 0 saturated carbocycles. The van der Waals surface area contributed by atoms with Crippen LogP contribution in [0.5, 0.6) is 0 Å². The Morgan fingerprint density at radius 1 is 1.38 bits per heavy atom. The number of hydrogen-bond acceptors (Lipinski definition) is 2. The Kier molecular flexibility index (Phi) is 1.97. The fourth-order valence-electron chi connectivity index (χ4n) is 2.40. The van der Waals surface area contributed by atoms with Crippen molar-refractivity contribution in [1.82, 2.24) is 10.3 Å². The van der Waals surface area contributed by atoms with E-state index in [0.29, 0.717) is 6.54 Å². The fraction of sp³-hybridized carbons (Fsp3) is 0.250. The zero-order chi connectivity index (χ0) is 11.1. The Bertz CT molecular complexity index is 559. The highest BCUT2D eigenvalue weighted by Gasteiger charge is 2.28. The SMILES string of the molecule is O=C(O)[C@@H]1NCCc2[nH]c3ccccc3c21. The third-order valence-corrected chi connectivity index (χ3v) is 3.09. The van der Waals surface area contributed by atoms with Gasteiger partial charge in [-0.25, -0.2) is 0 Å². The predicted molar refractivity (Wildman–Crippen MR) is 60.4 cm³/mol. The first-order chi connectivity index (χ1) is 7.77. The molecule has 4 nitrogen and oxygen atoms in total. The monoisotopic (exact) mass is 216 g/mol. The highest BCUT2D eigenvalue weighted by Crippen LogP contribution is 2.30. The van der Waals surface area contributed by atoms with Crippen LogP contribution in [0.2, 0.25) is 0 Å². The van der Waals surface area contributed by atoms with Crippen LogP contribution in [0.3, 0.4) is 0 Å². The predicted octanol–water partition coefficient (Wildman–Crippen LogP) is 1.44. The molecule has 0 aliphatic carbocycles. The van der Waals surface area contributed by atoms with Crippen molar-refractivity contribution in [3.63, 3.8) is 0 Å². The van der Waals surface area contributed by atoms with Gasteiger partial charge in [-0.2, -0.15) is 0 Å². The Balaban J connectivity index is 2.28. The number of carbonyl (C=O) groups is 1. The van der Waals surface area contributed by atoms with Gasteiger partial charge in [0.2, 0.25) is 0 Å². The van der Waals surface area contributed by atoms with Crippen molar-refractivity contribution in [2.45, 2.75) is 12.5 Å². The van der Waals surface area contributed by atoms with Crippen molar-refractivity contribution in [2.24, 2.45) is 0 Å². The molecule has 3 rings (SSSR count). The molecule has 0 unspecified atom stereocenters. The molecule has 2 aromatic rings. The van der Waals surface area contributed by atoms with Gasteiger partial charge in [0.25, 0.3) is 0 Å². The minimum Gasteiger partial charge on any atom is -0.480 e. The maximum Gasteiger partial charge on any atom is 0.325 e. The van der Waals surface area contributed by atoms with Crippen molar-refractivity contribution in [3.05, 3.63) is 35.5 Å². The van der Waals surface area contributed by atoms with Gasteiger partial charge >= 0.3 is 5.97 Å². The maximum atomic E-state index is 11.2. The van der Waals surface area contributed by atoms with Crippen molar-refractivity contribution >= 4 is 16.9 Å². The zero-order valence-corrected chi connectivity index (χ0v) is 8.66. The third kappa shape index (κ3) is 1.23. The molecule has 3 N–H and O–H groups in total. The number of carboxylic acids is 1. The number of aliphatic carboxylic acids is 1. The summed E-state index contributed by atoms with van der Waals surface area (Å²) >= 11 is 0. The number of fused-ring (bicyclic) bond motifs is 3. The first-order valence-corrected chi connectivity index (χ1v) is 5.33. The summed E-state index contributed by atoms with van der Waals surface area (Å²) in [5.74, 6) is -0.814. The molecule has 2 heterocycles. The van der Waals surface area contributed by atoms with Crippen molar-refractivity contribution in [1.29, 1.82) is 0 Å². The molecule has 1 aromatic heterocycles. The molecule has 82 valence electrons. The molecule has 0 spiro atoms. The molecule has 1 aliphatic heterocycles. The van der Waals surface area contributed by atoms with E-state index in [9.17, 15) is 9.90 Å². The second-order valence-electron chi connectivity index (χ2n) is 4.04. The molecular weight excluding hydrogens is 204 g/mol. The second-order valence-corrected chi connectivity index (χ2v) is 4.04. The summed E-state index contributed by atoms with van der Waals surface area (Å²) in [7, 11) is 0. The van der Waals surface area contributed by atoms with Crippen LogP contribution in [0, 0.1) is 0 Å². The van der Waals surface area contributed by atoms with Crippen LogP contribution in [0.4, 0.5) is 0 Å². The maximum absolute atomic E-state index is 11.2. The minimum atomic E-state index is -0.814. The molecule has 0 fully saturated rings. The quantitative estimate of drug-likeness (QED) is 0.675. The lowest BCUT2D eigenvalue weighted by atomic mass is 9.98. The topological polar surface area (TPSA) is 65.1 Å². The van der Waals surface area contributed by atoms with E-state index in [2.05, 4.69) is 10.3 Å². The Hall–Kier alpha value is -1.81. The molecule has 0 amide bonds. The Morgan fingerprint density at radius 3 is 3.00 bits per heavy atom. The summed E-state index contributed by atoms with van der Waals surface area (Å²) in [5.41, 5.74) is 2.96. The van der Waals surface area contributed by atoms with Crippen molar-refractivity contribution in [3.8, 4) is 0 Å². The molecule has 4 heteroatoms. The van der Waals surface area contributed by atoms with Gasteiger partial charge in [0.15, 0.2) is 0 Å². The van der Waals surface area contributed by atoms with Gasteiger partial charge in [0, 0.05) is 35.1 Å². The summed E-state index contributed by atoms with van der Waals surface area (Å²) in [6, 6.07) is 7.25. The number of rotatable bonds is 1. The van der Waals surface area contributed by atoms with Crippen LogP contribution in [0.1, 0.15) is 17.3 Å². The average molecular weight is 216 g/mol. The number of hydrogen-bond donors (Lipinski definition) is 3. The molecule has 0 radical (unpaired) electrons. The van der Waals surface area contributed by atoms with Crippen LogP contribution in [-0.2, 0) is 11.2 Å². The molecule has 1 atom stereocenters. The number of para-hydroxylation sites is 1. The summed E-state index contributed by atoms with van der Waals surface area (Å²) in [6.45, 7) is 0.705. The lowest BCUT2D eigenvalue weighted by Crippen LogP contribution is -2.34. The van der Waals surface area contributed by atoms with E-state index < -0.39 is 12.0 Å². The Morgan fingerprint density at radius 2 is 2.19 bits per heavy atom. The van der Waals surface area contributed by atoms with Crippen molar-refractivity contribution < 1.29 is 9.90 Å². The minimum absolute atomic E-state index is 0.583. The molecular formula is C12H12N2O2. The van der Waals surface area contributed by atoms with E-state index >= 15 is 0 Å². The van der Waals surface area contributed by atoms with Crippen LogP contribution in [0.15, 0.2) is 24.3 Å². The van der Waals surface area contributed by atoms with E-state index in [1.165, 1.54) is 0 Å². The van der Waals surface area contributed by atoms with Crippen LogP contribution in [-0.4, -0.2) is 22.6 Å². The number of nitrogens with one attached hydrogen (secondary N) is 2. The first kappa shape index (κ1) is 9.42. The summed E-state index contributed by atoms with van der Waals surface area (Å²) in [5, 5.41) is 13.2. The van der Waals surface area contributed by atoms with E-state index in [-0.39, 0.29) is 0 Å². The summed E-state index contributed by atoms with van der Waals surface area (Å²) < 4.78 is 0. The third-order valence-electron chi connectivity index (χ3n) is 3.09. The zero-order valence-electron chi connectivity index (χ0n) is 8.66. The largest absolute Gasteiger partial charge is 0.480 e. The van der Waals surface area contributed by atoms with Gasteiger partial charge in [-0.1, -0.05) is 18.2 Å². The summed E-state index contributed by atoms with van der Waals surface area (Å²) in [6.07, 6.45) is 0.855. The van der Waals surface area contributed by atoms with Crippen molar-refractivity contribution in [2.75, 3.05) is 6.54 Å². The number of aromatic amines is 1. The van der Waals surface area contributed by atoms with E-state index in [1.54, 1.807) is 0 Å². The van der Waals surface area contributed by atoms with Crippen LogP contribution < -0.4 is 5.32 Å². The lowest BCUT2D eigenvalue weighted by Gasteiger charge is -2.20. The van der Waals surface area contributed by atoms with E-state index in [0.717, 1.165) is 28.6 Å². The number of aromatic nitrogens is 1. The second kappa shape index (κ2) is 3.35. The van der Waals surface area contributed by atoms with Gasteiger partial charge in [-0.05, 0) is 6.07 Å². The average Bonchev–Trinajstić information content (AvgIpc) is 2.66. The van der Waals surface area contributed by atoms with Gasteiger partial charge in [0.05, 0.1) is 0 Å². The van der Waals surface area contributed by atoms with E-state index in [4.69, 9.17) is 0 Å². The van der Waals surface area contributed by atoms with Gasteiger partial charge < -0.3 is 15.4 Å². The normalized spacial score (nSPS) is 19.6. The highest BCUT2D eigenvalue weighted by atomic mass is 16.4.